The summed E-state index contributed by atoms with van der Waals surface area (Å²) in [7, 11) is 1.64. The number of aryl methyl sites for hydroxylation is 2. The summed E-state index contributed by atoms with van der Waals surface area (Å²) in [6.45, 7) is 5.62. The molecule has 2 nitrogen and oxygen atoms in total. The van der Waals surface area contributed by atoms with Crippen molar-refractivity contribution >= 4 is 5.78 Å². The van der Waals surface area contributed by atoms with Crippen LogP contribution >= 0.6 is 0 Å². The highest BCUT2D eigenvalue weighted by Crippen LogP contribution is 2.24. The second kappa shape index (κ2) is 4.27. The van der Waals surface area contributed by atoms with Crippen molar-refractivity contribution in [1.82, 2.24) is 0 Å². The van der Waals surface area contributed by atoms with Gasteiger partial charge in [-0.3, -0.25) is 4.79 Å². The maximum atomic E-state index is 11.1. The fourth-order valence-corrected chi connectivity index (χ4v) is 1.62. The van der Waals surface area contributed by atoms with Crippen LogP contribution in [0.4, 0.5) is 0 Å². The van der Waals surface area contributed by atoms with Crippen LogP contribution in [0.25, 0.3) is 0 Å². The van der Waals surface area contributed by atoms with Crippen molar-refractivity contribution in [2.24, 2.45) is 0 Å². The fraction of sp³-hybridized carbons (Fsp3) is 0.417. The van der Waals surface area contributed by atoms with Gasteiger partial charge in [0.2, 0.25) is 0 Å². The van der Waals surface area contributed by atoms with E-state index in [1.165, 1.54) is 0 Å². The van der Waals surface area contributed by atoms with Crippen LogP contribution in [0.3, 0.4) is 0 Å². The lowest BCUT2D eigenvalue weighted by atomic mass is 10.0. The first-order valence-corrected chi connectivity index (χ1v) is 4.68. The zero-order valence-corrected chi connectivity index (χ0v) is 9.18. The molecule has 0 aliphatic carbocycles. The van der Waals surface area contributed by atoms with Gasteiger partial charge < -0.3 is 4.74 Å². The molecule has 0 heterocycles. The van der Waals surface area contributed by atoms with E-state index < -0.39 is 0 Å². The Kier molecular flexibility index (Phi) is 3.28. The first-order valence-electron chi connectivity index (χ1n) is 4.68. The number of rotatable bonds is 3. The third-order valence-corrected chi connectivity index (χ3v) is 2.22. The van der Waals surface area contributed by atoms with Gasteiger partial charge in [-0.25, -0.2) is 0 Å². The molecule has 0 amide bonds. The Morgan fingerprint density at radius 3 is 2.50 bits per heavy atom. The summed E-state index contributed by atoms with van der Waals surface area (Å²) in [4.78, 5) is 11.1. The van der Waals surface area contributed by atoms with Crippen molar-refractivity contribution in [3.63, 3.8) is 0 Å². The molecule has 1 aromatic rings. The van der Waals surface area contributed by atoms with Crippen LogP contribution in [-0.4, -0.2) is 12.9 Å². The number of benzene rings is 1. The molecule has 0 bridgehead atoms. The number of hydrogen-bond donors (Lipinski definition) is 0. The molecule has 0 aromatic heterocycles. The van der Waals surface area contributed by atoms with E-state index >= 15 is 0 Å². The normalized spacial score (nSPS) is 10.0. The first-order chi connectivity index (χ1) is 6.54. The lowest BCUT2D eigenvalue weighted by Crippen LogP contribution is -2.02. The van der Waals surface area contributed by atoms with Crippen LogP contribution in [0.5, 0.6) is 5.75 Å². The molecule has 1 aromatic carbocycles. The SMILES string of the molecule is COc1cc(C)cc(C)c1CC(C)=O. The van der Waals surface area contributed by atoms with Crippen LogP contribution in [0.2, 0.25) is 0 Å². The monoisotopic (exact) mass is 192 g/mol. The topological polar surface area (TPSA) is 26.3 Å². The highest BCUT2D eigenvalue weighted by Gasteiger charge is 2.09. The number of carbonyl (C=O) groups is 1. The second-order valence-corrected chi connectivity index (χ2v) is 3.64. The number of Topliss-reactive ketones (excluding diaryl/α,β-unsaturated/α-hetero) is 1. The Hall–Kier alpha value is -1.31. The van der Waals surface area contributed by atoms with Crippen molar-refractivity contribution in [3.05, 3.63) is 28.8 Å². The molecule has 76 valence electrons. The van der Waals surface area contributed by atoms with Gasteiger partial charge in [0.05, 0.1) is 7.11 Å². The maximum absolute atomic E-state index is 11.1. The lowest BCUT2D eigenvalue weighted by Gasteiger charge is -2.11. The van der Waals surface area contributed by atoms with E-state index in [2.05, 4.69) is 6.07 Å². The van der Waals surface area contributed by atoms with Gasteiger partial charge in [0.25, 0.3) is 0 Å². The molecule has 0 spiro atoms. The molecule has 0 atom stereocenters. The van der Waals surface area contributed by atoms with Crippen LogP contribution in [0.1, 0.15) is 23.6 Å². The van der Waals surface area contributed by atoms with E-state index in [0.29, 0.717) is 6.42 Å². The van der Waals surface area contributed by atoms with Gasteiger partial charge in [-0.05, 0) is 38.0 Å². The molecule has 0 aliphatic rings. The molecular formula is C12H16O2. The Labute approximate surface area is 84.9 Å². The predicted octanol–water partition coefficient (Wildman–Crippen LogP) is 2.44. The minimum Gasteiger partial charge on any atom is -0.496 e. The van der Waals surface area contributed by atoms with E-state index in [9.17, 15) is 4.79 Å². The van der Waals surface area contributed by atoms with Crippen molar-refractivity contribution < 1.29 is 9.53 Å². The van der Waals surface area contributed by atoms with E-state index in [4.69, 9.17) is 4.74 Å². The van der Waals surface area contributed by atoms with Crippen molar-refractivity contribution in [2.75, 3.05) is 7.11 Å². The van der Waals surface area contributed by atoms with Crippen LogP contribution in [-0.2, 0) is 11.2 Å². The largest absolute Gasteiger partial charge is 0.496 e. The van der Waals surface area contributed by atoms with E-state index in [0.717, 1.165) is 22.4 Å². The van der Waals surface area contributed by atoms with Gasteiger partial charge in [-0.1, -0.05) is 6.07 Å². The third-order valence-electron chi connectivity index (χ3n) is 2.22. The third kappa shape index (κ3) is 2.34. The van der Waals surface area contributed by atoms with Gasteiger partial charge in [0, 0.05) is 12.0 Å². The molecule has 0 saturated heterocycles. The number of hydrogen-bond acceptors (Lipinski definition) is 2. The maximum Gasteiger partial charge on any atom is 0.134 e. The number of ether oxygens (including phenoxy) is 1. The van der Waals surface area contributed by atoms with Crippen LogP contribution in [0.15, 0.2) is 12.1 Å². The standard InChI is InChI=1S/C12H16O2/c1-8-5-9(2)11(7-10(3)13)12(6-8)14-4/h5-6H,7H2,1-4H3. The van der Waals surface area contributed by atoms with Crippen molar-refractivity contribution in [2.45, 2.75) is 27.2 Å². The molecule has 0 saturated carbocycles. The summed E-state index contributed by atoms with van der Waals surface area (Å²) in [6.07, 6.45) is 0.454. The van der Waals surface area contributed by atoms with Gasteiger partial charge in [-0.15, -0.1) is 0 Å². The van der Waals surface area contributed by atoms with E-state index in [1.54, 1.807) is 14.0 Å². The number of carbonyl (C=O) groups excluding carboxylic acids is 1. The van der Waals surface area contributed by atoms with Crippen molar-refractivity contribution in [3.8, 4) is 5.75 Å². The summed E-state index contributed by atoms with van der Waals surface area (Å²) in [5.74, 6) is 0.980. The number of ketones is 1. The zero-order chi connectivity index (χ0) is 10.7. The fourth-order valence-electron chi connectivity index (χ4n) is 1.62. The number of methoxy groups -OCH3 is 1. The highest BCUT2D eigenvalue weighted by molar-refractivity contribution is 5.79. The smallest absolute Gasteiger partial charge is 0.134 e. The van der Waals surface area contributed by atoms with E-state index in [-0.39, 0.29) is 5.78 Å². The summed E-state index contributed by atoms with van der Waals surface area (Å²) in [6, 6.07) is 4.03. The molecule has 0 unspecified atom stereocenters. The minimum atomic E-state index is 0.162. The molecular weight excluding hydrogens is 176 g/mol. The van der Waals surface area contributed by atoms with E-state index in [1.807, 2.05) is 19.9 Å². The molecule has 0 aliphatic heterocycles. The average molecular weight is 192 g/mol. The van der Waals surface area contributed by atoms with Gasteiger partial charge in [0.1, 0.15) is 11.5 Å². The Morgan fingerprint density at radius 2 is 2.00 bits per heavy atom. The van der Waals surface area contributed by atoms with Crippen molar-refractivity contribution in [1.29, 1.82) is 0 Å². The van der Waals surface area contributed by atoms with Gasteiger partial charge >= 0.3 is 0 Å². The molecule has 14 heavy (non-hydrogen) atoms. The average Bonchev–Trinajstić information content (AvgIpc) is 2.08. The molecule has 0 N–H and O–H groups in total. The predicted molar refractivity (Wildman–Crippen MR) is 56.9 cm³/mol. The summed E-state index contributed by atoms with van der Waals surface area (Å²) < 4.78 is 5.26. The quantitative estimate of drug-likeness (QED) is 0.735. The molecule has 1 rings (SSSR count). The molecule has 2 heteroatoms. The first kappa shape index (κ1) is 10.8. The summed E-state index contributed by atoms with van der Waals surface area (Å²) in [5.41, 5.74) is 3.29. The molecule has 0 radical (unpaired) electrons. The van der Waals surface area contributed by atoms with Crippen LogP contribution < -0.4 is 4.74 Å². The Balaban J connectivity index is 3.18. The summed E-state index contributed by atoms with van der Waals surface area (Å²) in [5, 5.41) is 0. The summed E-state index contributed by atoms with van der Waals surface area (Å²) >= 11 is 0. The molecule has 0 fully saturated rings. The highest BCUT2D eigenvalue weighted by atomic mass is 16.5. The zero-order valence-electron chi connectivity index (χ0n) is 9.18. The Morgan fingerprint density at radius 1 is 1.36 bits per heavy atom. The minimum absolute atomic E-state index is 0.162. The van der Waals surface area contributed by atoms with Gasteiger partial charge in [-0.2, -0.15) is 0 Å². The lowest BCUT2D eigenvalue weighted by molar-refractivity contribution is -0.116. The van der Waals surface area contributed by atoms with Gasteiger partial charge in [0.15, 0.2) is 0 Å². The second-order valence-electron chi connectivity index (χ2n) is 3.64. The Bertz CT molecular complexity index is 354. The van der Waals surface area contributed by atoms with Crippen LogP contribution in [0, 0.1) is 13.8 Å².